The number of rotatable bonds is 9. The summed E-state index contributed by atoms with van der Waals surface area (Å²) in [6, 6.07) is 21.8. The average molecular weight is 554 g/mol. The molecule has 0 saturated heterocycles. The Morgan fingerprint density at radius 1 is 1.02 bits per heavy atom. The van der Waals surface area contributed by atoms with E-state index < -0.39 is 6.04 Å². The van der Waals surface area contributed by atoms with E-state index in [-0.39, 0.29) is 5.91 Å². The number of ether oxygens (including phenoxy) is 1. The number of anilines is 2. The number of benzene rings is 3. The highest BCUT2D eigenvalue weighted by molar-refractivity contribution is 7.99. The number of nitrogens with zero attached hydrogens (tertiary/aromatic N) is 3. The summed E-state index contributed by atoms with van der Waals surface area (Å²) in [4.78, 5) is 18.6. The van der Waals surface area contributed by atoms with E-state index in [4.69, 9.17) is 14.8 Å². The maximum atomic E-state index is 13.8. The minimum Gasteiger partial charge on any atom is -0.489 e. The van der Waals surface area contributed by atoms with Gasteiger partial charge in [0, 0.05) is 17.1 Å². The lowest BCUT2D eigenvalue weighted by Gasteiger charge is -2.29. The number of aromatic nitrogens is 3. The lowest BCUT2D eigenvalue weighted by Crippen LogP contribution is -2.31. The summed E-state index contributed by atoms with van der Waals surface area (Å²) in [5.41, 5.74) is 7.55. The Labute approximate surface area is 240 Å². The van der Waals surface area contributed by atoms with Crippen LogP contribution in [-0.4, -0.2) is 26.4 Å². The summed E-state index contributed by atoms with van der Waals surface area (Å²) in [6.07, 6.45) is 1.02. The summed E-state index contributed by atoms with van der Waals surface area (Å²) in [6.45, 7) is 10.7. The Morgan fingerprint density at radius 3 is 2.52 bits per heavy atom. The van der Waals surface area contributed by atoms with Gasteiger partial charge in [0.2, 0.25) is 11.1 Å². The van der Waals surface area contributed by atoms with Crippen LogP contribution in [0.1, 0.15) is 54.1 Å². The van der Waals surface area contributed by atoms with Crippen molar-refractivity contribution >= 4 is 29.3 Å². The molecule has 3 aromatic carbocycles. The van der Waals surface area contributed by atoms with Crippen molar-refractivity contribution in [3.63, 3.8) is 0 Å². The van der Waals surface area contributed by atoms with Gasteiger partial charge in [-0.25, -0.2) is 4.68 Å². The van der Waals surface area contributed by atoms with Crippen molar-refractivity contribution < 1.29 is 9.53 Å². The average Bonchev–Trinajstić information content (AvgIpc) is 3.34. The third-order valence-corrected chi connectivity index (χ3v) is 7.87. The van der Waals surface area contributed by atoms with Crippen LogP contribution in [0.2, 0.25) is 0 Å². The van der Waals surface area contributed by atoms with E-state index >= 15 is 0 Å². The zero-order valence-electron chi connectivity index (χ0n) is 23.6. The van der Waals surface area contributed by atoms with Crippen LogP contribution >= 0.6 is 11.8 Å². The molecule has 0 aliphatic carbocycles. The largest absolute Gasteiger partial charge is 0.489 e. The number of hydrogen-bond donors (Lipinski definition) is 2. The fourth-order valence-corrected chi connectivity index (χ4v) is 5.53. The molecule has 5 rings (SSSR count). The molecule has 0 radical (unpaired) electrons. The van der Waals surface area contributed by atoms with Gasteiger partial charge in [0.15, 0.2) is 0 Å². The Hall–Kier alpha value is -4.04. The van der Waals surface area contributed by atoms with Gasteiger partial charge >= 0.3 is 0 Å². The molecule has 1 aromatic heterocycles. The second-order valence-electron chi connectivity index (χ2n) is 10.2. The van der Waals surface area contributed by atoms with Crippen LogP contribution in [0.25, 0.3) is 0 Å². The Balaban J connectivity index is 1.46. The van der Waals surface area contributed by atoms with Crippen molar-refractivity contribution in [3.05, 3.63) is 106 Å². The van der Waals surface area contributed by atoms with Crippen LogP contribution in [-0.2, 0) is 11.4 Å². The molecule has 2 N–H and O–H groups in total. The first-order valence-electron chi connectivity index (χ1n) is 13.6. The quantitative estimate of drug-likeness (QED) is 0.213. The summed E-state index contributed by atoms with van der Waals surface area (Å²) >= 11 is 1.61. The van der Waals surface area contributed by atoms with Gasteiger partial charge in [0.1, 0.15) is 18.4 Å². The summed E-state index contributed by atoms with van der Waals surface area (Å²) in [7, 11) is 0. The number of nitrogens with one attached hydrogen (secondary N) is 2. The van der Waals surface area contributed by atoms with Crippen LogP contribution in [0.3, 0.4) is 0 Å². The van der Waals surface area contributed by atoms with E-state index in [1.807, 2.05) is 67.9 Å². The fourth-order valence-electron chi connectivity index (χ4n) is 4.85. The third kappa shape index (κ3) is 6.07. The molecule has 40 heavy (non-hydrogen) atoms. The molecule has 0 saturated carbocycles. The van der Waals surface area contributed by atoms with Crippen LogP contribution < -0.4 is 15.4 Å². The zero-order chi connectivity index (χ0) is 28.2. The molecular weight excluding hydrogens is 518 g/mol. The summed E-state index contributed by atoms with van der Waals surface area (Å²) in [5.74, 6) is 2.14. The zero-order valence-corrected chi connectivity index (χ0v) is 24.4. The van der Waals surface area contributed by atoms with E-state index in [1.165, 1.54) is 5.56 Å². The van der Waals surface area contributed by atoms with Crippen LogP contribution in [0.5, 0.6) is 5.75 Å². The van der Waals surface area contributed by atoms with E-state index in [0.717, 1.165) is 51.6 Å². The van der Waals surface area contributed by atoms with E-state index in [2.05, 4.69) is 48.7 Å². The van der Waals surface area contributed by atoms with E-state index in [0.29, 0.717) is 23.3 Å². The second-order valence-corrected chi connectivity index (χ2v) is 11.3. The van der Waals surface area contributed by atoms with Gasteiger partial charge in [-0.1, -0.05) is 78.3 Å². The van der Waals surface area contributed by atoms with Crippen LogP contribution in [0.15, 0.2) is 83.2 Å². The highest BCUT2D eigenvalue weighted by Gasteiger charge is 2.34. The predicted molar refractivity (Wildman–Crippen MR) is 162 cm³/mol. The molecule has 1 aliphatic heterocycles. The second kappa shape index (κ2) is 12.0. The third-order valence-electron chi connectivity index (χ3n) is 6.83. The molecule has 1 aliphatic rings. The monoisotopic (exact) mass is 553 g/mol. The lowest BCUT2D eigenvalue weighted by atomic mass is 9.94. The van der Waals surface area contributed by atoms with E-state index in [9.17, 15) is 4.79 Å². The molecule has 0 bridgehead atoms. The highest BCUT2D eigenvalue weighted by Crippen LogP contribution is 2.37. The normalized spacial score (nSPS) is 14.5. The molecule has 0 spiro atoms. The van der Waals surface area contributed by atoms with Gasteiger partial charge < -0.3 is 15.4 Å². The number of aryl methyl sites for hydroxylation is 3. The van der Waals surface area contributed by atoms with Crippen LogP contribution in [0, 0.1) is 20.8 Å². The highest BCUT2D eigenvalue weighted by atomic mass is 32.2. The first-order valence-corrected chi connectivity index (χ1v) is 14.5. The Morgan fingerprint density at radius 2 is 1.80 bits per heavy atom. The number of hydrogen-bond acceptors (Lipinski definition) is 6. The van der Waals surface area contributed by atoms with Gasteiger partial charge in [-0.2, -0.15) is 4.98 Å². The lowest BCUT2D eigenvalue weighted by molar-refractivity contribution is -0.113. The standard InChI is InChI=1S/C32H35N5O2S/c1-6-16-40-32-35-31-33-23(5)28(30(38)34-27-15-10-21(3)17-22(27)4)29(37(31)36-32)25-11-13-26(14-12-25)39-19-24-9-7-8-20(2)18-24/h7-15,17-18,29H,6,16,19H2,1-5H3,(H,34,38)(H,33,35,36). The molecule has 1 amide bonds. The Kier molecular flexibility index (Phi) is 8.26. The first kappa shape index (κ1) is 27.5. The number of carbonyl (C=O) groups is 1. The number of allylic oxidation sites excluding steroid dienone is 1. The van der Waals surface area contributed by atoms with Crippen molar-refractivity contribution in [1.82, 2.24) is 14.8 Å². The van der Waals surface area contributed by atoms with E-state index in [1.54, 1.807) is 11.8 Å². The van der Waals surface area contributed by atoms with Gasteiger partial charge in [-0.15, -0.1) is 5.10 Å². The first-order chi connectivity index (χ1) is 19.3. The smallest absolute Gasteiger partial charge is 0.255 e. The van der Waals surface area contributed by atoms with Gasteiger partial charge in [-0.3, -0.25) is 4.79 Å². The van der Waals surface area contributed by atoms with Crippen molar-refractivity contribution in [1.29, 1.82) is 0 Å². The van der Waals surface area contributed by atoms with Gasteiger partial charge in [-0.05, 0) is 69.0 Å². The maximum Gasteiger partial charge on any atom is 0.255 e. The number of thioether (sulfide) groups is 1. The molecule has 0 fully saturated rings. The molecule has 1 atom stereocenters. The molecule has 7 nitrogen and oxygen atoms in total. The summed E-state index contributed by atoms with van der Waals surface area (Å²) < 4.78 is 7.89. The van der Waals surface area contributed by atoms with Gasteiger partial charge in [0.05, 0.1) is 5.57 Å². The molecule has 4 aromatic rings. The minimum absolute atomic E-state index is 0.175. The van der Waals surface area contributed by atoms with Crippen molar-refractivity contribution in [2.45, 2.75) is 58.8 Å². The molecule has 2 heterocycles. The maximum absolute atomic E-state index is 13.8. The van der Waals surface area contributed by atoms with Gasteiger partial charge in [0.25, 0.3) is 5.91 Å². The summed E-state index contributed by atoms with van der Waals surface area (Å²) in [5, 5.41) is 12.0. The van der Waals surface area contributed by atoms with Crippen molar-refractivity contribution in [2.75, 3.05) is 16.4 Å². The predicted octanol–water partition coefficient (Wildman–Crippen LogP) is 7.21. The van der Waals surface area contributed by atoms with Crippen molar-refractivity contribution in [3.8, 4) is 5.75 Å². The molecular formula is C32H35N5O2S. The SMILES string of the molecule is CCCSc1nc2n(n1)C(c1ccc(OCc3cccc(C)c3)cc1)C(C(=O)Nc1ccc(C)cc1C)=C(C)N2. The number of fused-ring (bicyclic) bond motifs is 1. The van der Waals surface area contributed by atoms with Crippen molar-refractivity contribution in [2.24, 2.45) is 0 Å². The fraction of sp³-hybridized carbons (Fsp3) is 0.281. The topological polar surface area (TPSA) is 81.1 Å². The number of amides is 1. The Bertz CT molecular complexity index is 1560. The number of carbonyl (C=O) groups excluding carboxylic acids is 1. The molecule has 1 unspecified atom stereocenters. The molecule has 206 valence electrons. The molecule has 8 heteroatoms. The van der Waals surface area contributed by atoms with Crippen LogP contribution in [0.4, 0.5) is 11.6 Å². The minimum atomic E-state index is -0.448.